The third-order valence-electron chi connectivity index (χ3n) is 1.38. The molecule has 0 bridgehead atoms. The van der Waals surface area contributed by atoms with E-state index in [1.54, 1.807) is 6.07 Å². The van der Waals surface area contributed by atoms with E-state index in [9.17, 15) is 13.0 Å². The molecule has 0 radical (unpaired) electrons. The molecule has 0 N–H and O–H groups in total. The van der Waals surface area contributed by atoms with Crippen LogP contribution in [0, 0.1) is 0 Å². The van der Waals surface area contributed by atoms with E-state index in [0.29, 0.717) is 5.56 Å². The molecule has 0 saturated carbocycles. The molecule has 1 rings (SSSR count). The molecule has 0 saturated heterocycles. The first kappa shape index (κ1) is 13.5. The van der Waals surface area contributed by atoms with Crippen molar-refractivity contribution in [3.8, 4) is 0 Å². The Morgan fingerprint density at radius 3 is 2.46 bits per heavy atom. The maximum absolute atomic E-state index is 10.5. The molecule has 0 spiro atoms. The molecule has 0 amide bonds. The van der Waals surface area contributed by atoms with Crippen molar-refractivity contribution in [3.05, 3.63) is 36.4 Å². The van der Waals surface area contributed by atoms with Crippen molar-refractivity contribution in [1.82, 2.24) is 0 Å². The van der Waals surface area contributed by atoms with Crippen LogP contribution >= 0.6 is 0 Å². The van der Waals surface area contributed by atoms with E-state index in [2.05, 4.69) is 6.58 Å². The summed E-state index contributed by atoms with van der Waals surface area (Å²) >= 11 is 0. The van der Waals surface area contributed by atoms with Gasteiger partial charge in [-0.25, -0.2) is 8.42 Å². The van der Waals surface area contributed by atoms with Gasteiger partial charge in [0.25, 0.3) is 0 Å². The van der Waals surface area contributed by atoms with Crippen molar-refractivity contribution in [1.29, 1.82) is 0 Å². The van der Waals surface area contributed by atoms with Crippen LogP contribution in [0.5, 0.6) is 0 Å². The Kier molecular flexibility index (Phi) is 5.61. The first-order valence-electron chi connectivity index (χ1n) is 3.22. The second-order valence-corrected chi connectivity index (χ2v) is 3.61. The summed E-state index contributed by atoms with van der Waals surface area (Å²) in [6, 6.07) is 5.72. The zero-order valence-electron chi connectivity index (χ0n) is 7.23. The zero-order valence-corrected chi connectivity index (χ0v) is 11.2. The molecule has 0 fully saturated rings. The van der Waals surface area contributed by atoms with E-state index in [1.165, 1.54) is 24.3 Å². The summed E-state index contributed by atoms with van der Waals surface area (Å²) in [6.07, 6.45) is 1.48. The predicted molar refractivity (Wildman–Crippen MR) is 44.5 cm³/mol. The van der Waals surface area contributed by atoms with E-state index >= 15 is 0 Å². The molecule has 0 aliphatic heterocycles. The van der Waals surface area contributed by atoms with Gasteiger partial charge < -0.3 is 4.55 Å². The Balaban J connectivity index is 0.00000144. The molecule has 0 heterocycles. The summed E-state index contributed by atoms with van der Waals surface area (Å²) in [5, 5.41) is 0. The normalized spacial score (nSPS) is 10.2. The fraction of sp³-hybridized carbons (Fsp3) is 0. The summed E-state index contributed by atoms with van der Waals surface area (Å²) in [6.45, 7) is 3.46. The van der Waals surface area contributed by atoms with Gasteiger partial charge >= 0.3 is 51.4 Å². The Bertz CT molecular complexity index is 398. The van der Waals surface area contributed by atoms with Crippen LogP contribution in [0.4, 0.5) is 0 Å². The van der Waals surface area contributed by atoms with E-state index < -0.39 is 10.1 Å². The molecule has 0 atom stereocenters. The number of hydrogen-bond donors (Lipinski definition) is 0. The van der Waals surface area contributed by atoms with Crippen LogP contribution < -0.4 is 51.4 Å². The van der Waals surface area contributed by atoms with Crippen molar-refractivity contribution in [2.75, 3.05) is 0 Å². The Morgan fingerprint density at radius 1 is 1.38 bits per heavy atom. The Labute approximate surface area is 120 Å². The van der Waals surface area contributed by atoms with Crippen LogP contribution in [0.2, 0.25) is 0 Å². The molecular formula is C8H7KO3S. The third-order valence-corrected chi connectivity index (χ3v) is 2.21. The molecule has 0 aromatic heterocycles. The Morgan fingerprint density at radius 2 is 2.00 bits per heavy atom. The molecular weight excluding hydrogens is 215 g/mol. The van der Waals surface area contributed by atoms with Crippen molar-refractivity contribution in [2.45, 2.75) is 4.90 Å². The van der Waals surface area contributed by atoms with Crippen LogP contribution in [0.15, 0.2) is 35.7 Å². The van der Waals surface area contributed by atoms with Gasteiger partial charge in [-0.2, -0.15) is 0 Å². The standard InChI is InChI=1S/C8H8O3S.K/c1-2-7-4-3-5-8(6-7)12(9,10)11;/h2-6H,1H2,(H,9,10,11);/q;+1/p-1. The SMILES string of the molecule is C=Cc1cccc(S(=O)(=O)[O-])c1.[K+]. The predicted octanol–water partition coefficient (Wildman–Crippen LogP) is -1.76. The molecule has 13 heavy (non-hydrogen) atoms. The third kappa shape index (κ3) is 4.03. The van der Waals surface area contributed by atoms with E-state index in [0.717, 1.165) is 0 Å². The van der Waals surface area contributed by atoms with Gasteiger partial charge in [0.15, 0.2) is 0 Å². The van der Waals surface area contributed by atoms with Gasteiger partial charge in [0.1, 0.15) is 10.1 Å². The second kappa shape index (κ2) is 5.40. The molecule has 0 aliphatic carbocycles. The second-order valence-electron chi connectivity index (χ2n) is 2.23. The molecule has 5 heteroatoms. The maximum Gasteiger partial charge on any atom is 1.00 e. The van der Waals surface area contributed by atoms with Crippen LogP contribution in [0.25, 0.3) is 6.08 Å². The van der Waals surface area contributed by atoms with Gasteiger partial charge in [0.05, 0.1) is 4.90 Å². The molecule has 1 aromatic carbocycles. The first-order chi connectivity index (χ1) is 5.54. The van der Waals surface area contributed by atoms with Crippen molar-refractivity contribution in [2.24, 2.45) is 0 Å². The summed E-state index contributed by atoms with van der Waals surface area (Å²) in [7, 11) is -4.33. The molecule has 1 aromatic rings. The molecule has 64 valence electrons. The van der Waals surface area contributed by atoms with Gasteiger partial charge in [-0.05, 0) is 17.7 Å². The topological polar surface area (TPSA) is 57.2 Å². The average molecular weight is 222 g/mol. The van der Waals surface area contributed by atoms with Crippen molar-refractivity contribution in [3.63, 3.8) is 0 Å². The zero-order chi connectivity index (χ0) is 9.19. The number of hydrogen-bond acceptors (Lipinski definition) is 3. The quantitative estimate of drug-likeness (QED) is 0.440. The van der Waals surface area contributed by atoms with Crippen molar-refractivity contribution < 1.29 is 64.4 Å². The van der Waals surface area contributed by atoms with E-state index in [4.69, 9.17) is 0 Å². The van der Waals surface area contributed by atoms with Gasteiger partial charge in [-0.3, -0.25) is 0 Å². The van der Waals surface area contributed by atoms with Gasteiger partial charge in [0.2, 0.25) is 0 Å². The van der Waals surface area contributed by atoms with E-state index in [-0.39, 0.29) is 56.3 Å². The summed E-state index contributed by atoms with van der Waals surface area (Å²) in [5.74, 6) is 0. The van der Waals surface area contributed by atoms with Gasteiger partial charge in [0, 0.05) is 0 Å². The minimum atomic E-state index is -4.33. The summed E-state index contributed by atoms with van der Waals surface area (Å²) in [5.41, 5.74) is 0.618. The smallest absolute Gasteiger partial charge is 0.744 e. The minimum Gasteiger partial charge on any atom is -0.744 e. The minimum absolute atomic E-state index is 0. The van der Waals surface area contributed by atoms with Crippen molar-refractivity contribution >= 4 is 16.2 Å². The fourth-order valence-corrected chi connectivity index (χ4v) is 1.32. The first-order valence-corrected chi connectivity index (χ1v) is 4.63. The van der Waals surface area contributed by atoms with Gasteiger partial charge in [-0.1, -0.05) is 24.8 Å². The average Bonchev–Trinajstić information content (AvgIpc) is 2.03. The number of benzene rings is 1. The van der Waals surface area contributed by atoms with Gasteiger partial charge in [-0.15, -0.1) is 0 Å². The van der Waals surface area contributed by atoms with Crippen LogP contribution in [0.3, 0.4) is 0 Å². The largest absolute Gasteiger partial charge is 1.00 e. The van der Waals surface area contributed by atoms with Crippen LogP contribution in [0.1, 0.15) is 5.56 Å². The summed E-state index contributed by atoms with van der Waals surface area (Å²) in [4.78, 5) is -0.222. The molecule has 0 aliphatic rings. The van der Waals surface area contributed by atoms with E-state index in [1.807, 2.05) is 0 Å². The monoisotopic (exact) mass is 222 g/mol. The molecule has 3 nitrogen and oxygen atoms in total. The number of rotatable bonds is 2. The maximum atomic E-state index is 10.5. The molecule has 0 unspecified atom stereocenters. The van der Waals surface area contributed by atoms with Crippen LogP contribution in [-0.2, 0) is 10.1 Å². The Hall–Kier alpha value is 0.506. The fourth-order valence-electron chi connectivity index (χ4n) is 0.797. The summed E-state index contributed by atoms with van der Waals surface area (Å²) < 4.78 is 31.5. The van der Waals surface area contributed by atoms with Crippen LogP contribution in [-0.4, -0.2) is 13.0 Å².